The number of nitrogens with zero attached hydrogens (tertiary/aromatic N) is 2. The predicted octanol–water partition coefficient (Wildman–Crippen LogP) is 0.861. The number of thioether (sulfide) groups is 1. The fraction of sp³-hybridized carbons (Fsp3) is 0.727. The van der Waals surface area contributed by atoms with Crippen LogP contribution in [0.3, 0.4) is 0 Å². The molecule has 2 rings (SSSR count). The first-order chi connectivity index (χ1) is 9.07. The van der Waals surface area contributed by atoms with Gasteiger partial charge in [0.25, 0.3) is 0 Å². The number of H-pyrrole nitrogens is 1. The van der Waals surface area contributed by atoms with Gasteiger partial charge in [-0.05, 0) is 19.1 Å². The molecule has 0 aromatic carbocycles. The number of methoxy groups -OCH3 is 1. The molecule has 1 aromatic rings. The summed E-state index contributed by atoms with van der Waals surface area (Å²) < 4.78 is 32.0. The molecule has 1 aliphatic heterocycles. The van der Waals surface area contributed by atoms with E-state index in [2.05, 4.69) is 10.2 Å². The second kappa shape index (κ2) is 6.25. The van der Waals surface area contributed by atoms with Crippen molar-refractivity contribution in [1.29, 1.82) is 0 Å². The average molecular weight is 305 g/mol. The first-order valence-corrected chi connectivity index (χ1v) is 8.75. The van der Waals surface area contributed by atoms with Gasteiger partial charge in [0.15, 0.2) is 0 Å². The van der Waals surface area contributed by atoms with Crippen LogP contribution in [0.15, 0.2) is 11.1 Å². The van der Waals surface area contributed by atoms with Crippen molar-refractivity contribution in [2.45, 2.75) is 24.3 Å². The summed E-state index contributed by atoms with van der Waals surface area (Å²) >= 11 is 1.79. The Hall–Kier alpha value is -0.570. The normalized spacial score (nSPS) is 20.3. The summed E-state index contributed by atoms with van der Waals surface area (Å²) in [5.41, 5.74) is 0.577. The molecule has 2 heterocycles. The van der Waals surface area contributed by atoms with Gasteiger partial charge in [0, 0.05) is 25.4 Å². The Kier molecular flexibility index (Phi) is 4.88. The van der Waals surface area contributed by atoms with Crippen LogP contribution in [-0.4, -0.2) is 60.7 Å². The molecule has 8 heteroatoms. The third-order valence-corrected chi connectivity index (χ3v) is 6.41. The van der Waals surface area contributed by atoms with Crippen molar-refractivity contribution in [1.82, 2.24) is 14.5 Å². The standard InChI is InChI=1S/C11H19N3O3S2/c1-9-11(7-12-13-9)19(15,16)14(4-5-17-2)10-3-6-18-8-10/h7,10H,3-6,8H2,1-2H3,(H,12,13). The van der Waals surface area contributed by atoms with Gasteiger partial charge in [-0.2, -0.15) is 21.2 Å². The fourth-order valence-electron chi connectivity index (χ4n) is 2.16. The number of sulfonamides is 1. The van der Waals surface area contributed by atoms with E-state index in [9.17, 15) is 8.42 Å². The molecule has 0 amide bonds. The first-order valence-electron chi connectivity index (χ1n) is 6.16. The van der Waals surface area contributed by atoms with E-state index in [0.717, 1.165) is 17.9 Å². The lowest BCUT2D eigenvalue weighted by Gasteiger charge is -2.27. The van der Waals surface area contributed by atoms with Gasteiger partial charge in [-0.25, -0.2) is 8.42 Å². The van der Waals surface area contributed by atoms with Crippen LogP contribution in [0, 0.1) is 6.92 Å². The van der Waals surface area contributed by atoms with Gasteiger partial charge in [0.05, 0.1) is 18.5 Å². The number of aromatic nitrogens is 2. The fourth-order valence-corrected chi connectivity index (χ4v) is 5.23. The lowest BCUT2D eigenvalue weighted by atomic mass is 10.3. The monoisotopic (exact) mass is 305 g/mol. The first kappa shape index (κ1) is 14.8. The highest BCUT2D eigenvalue weighted by atomic mass is 32.2. The molecule has 108 valence electrons. The van der Waals surface area contributed by atoms with Crippen LogP contribution in [-0.2, 0) is 14.8 Å². The Morgan fingerprint density at radius 2 is 2.42 bits per heavy atom. The molecular weight excluding hydrogens is 286 g/mol. The molecule has 1 aromatic heterocycles. The van der Waals surface area contributed by atoms with Crippen molar-refractivity contribution >= 4 is 21.8 Å². The molecule has 6 nitrogen and oxygen atoms in total. The van der Waals surface area contributed by atoms with Crippen molar-refractivity contribution in [2.24, 2.45) is 0 Å². The maximum absolute atomic E-state index is 12.7. The van der Waals surface area contributed by atoms with Crippen LogP contribution in [0.1, 0.15) is 12.1 Å². The van der Waals surface area contributed by atoms with E-state index >= 15 is 0 Å². The summed E-state index contributed by atoms with van der Waals surface area (Å²) in [7, 11) is -1.92. The van der Waals surface area contributed by atoms with Crippen LogP contribution in [0.25, 0.3) is 0 Å². The smallest absolute Gasteiger partial charge is 0.246 e. The molecule has 1 atom stereocenters. The van der Waals surface area contributed by atoms with Crippen LogP contribution in [0.4, 0.5) is 0 Å². The minimum atomic E-state index is -3.50. The number of aromatic amines is 1. The minimum absolute atomic E-state index is 0.0550. The molecule has 1 saturated heterocycles. The van der Waals surface area contributed by atoms with Gasteiger partial charge in [0.1, 0.15) is 4.90 Å². The van der Waals surface area contributed by atoms with Crippen LogP contribution >= 0.6 is 11.8 Å². The SMILES string of the molecule is COCCN(C1CCSC1)S(=O)(=O)c1cn[nH]c1C. The molecule has 0 saturated carbocycles. The van der Waals surface area contributed by atoms with Gasteiger partial charge in [0.2, 0.25) is 10.0 Å². The topological polar surface area (TPSA) is 75.3 Å². The van der Waals surface area contributed by atoms with Crippen molar-refractivity contribution in [3.63, 3.8) is 0 Å². The van der Waals surface area contributed by atoms with Gasteiger partial charge in [-0.1, -0.05) is 0 Å². The molecular formula is C11H19N3O3S2. The van der Waals surface area contributed by atoms with Crippen LogP contribution in [0.5, 0.6) is 0 Å². The summed E-state index contributed by atoms with van der Waals surface area (Å²) in [4.78, 5) is 0.264. The zero-order valence-corrected chi connectivity index (χ0v) is 12.8. The van der Waals surface area contributed by atoms with Gasteiger partial charge >= 0.3 is 0 Å². The van der Waals surface area contributed by atoms with Crippen LogP contribution in [0.2, 0.25) is 0 Å². The van der Waals surface area contributed by atoms with Gasteiger partial charge < -0.3 is 4.74 Å². The molecule has 1 unspecified atom stereocenters. The molecule has 1 aliphatic rings. The second-order valence-corrected chi connectivity index (χ2v) is 7.49. The summed E-state index contributed by atoms with van der Waals surface area (Å²) in [6.45, 7) is 2.50. The largest absolute Gasteiger partial charge is 0.383 e. The van der Waals surface area contributed by atoms with Crippen molar-refractivity contribution in [2.75, 3.05) is 31.8 Å². The number of hydrogen-bond donors (Lipinski definition) is 1. The summed E-state index contributed by atoms with van der Waals surface area (Å²) in [6, 6.07) is 0.0550. The second-order valence-electron chi connectivity index (χ2n) is 4.49. The van der Waals surface area contributed by atoms with E-state index in [0.29, 0.717) is 18.8 Å². The molecule has 1 N–H and O–H groups in total. The molecule has 0 bridgehead atoms. The molecule has 1 fully saturated rings. The average Bonchev–Trinajstić information content (AvgIpc) is 3.00. The van der Waals surface area contributed by atoms with Gasteiger partial charge in [-0.3, -0.25) is 5.10 Å². The zero-order chi connectivity index (χ0) is 13.9. The number of nitrogens with one attached hydrogen (secondary N) is 1. The van der Waals surface area contributed by atoms with E-state index in [4.69, 9.17) is 4.74 Å². The lowest BCUT2D eigenvalue weighted by Crippen LogP contribution is -2.42. The Labute approximate surface area is 117 Å². The van der Waals surface area contributed by atoms with Crippen molar-refractivity contribution in [3.8, 4) is 0 Å². The summed E-state index contributed by atoms with van der Waals surface area (Å²) in [6.07, 6.45) is 2.27. The van der Waals surface area contributed by atoms with Crippen molar-refractivity contribution < 1.29 is 13.2 Å². The van der Waals surface area contributed by atoms with E-state index in [1.165, 1.54) is 6.20 Å². The number of rotatable bonds is 6. The Balaban J connectivity index is 2.28. The zero-order valence-electron chi connectivity index (χ0n) is 11.1. The predicted molar refractivity (Wildman–Crippen MR) is 74.8 cm³/mol. The van der Waals surface area contributed by atoms with E-state index in [1.807, 2.05) is 0 Å². The molecule has 19 heavy (non-hydrogen) atoms. The quantitative estimate of drug-likeness (QED) is 0.843. The third-order valence-electron chi connectivity index (χ3n) is 3.20. The third kappa shape index (κ3) is 3.13. The van der Waals surface area contributed by atoms with E-state index in [1.54, 1.807) is 30.1 Å². The summed E-state index contributed by atoms with van der Waals surface area (Å²) in [5.74, 6) is 1.86. The van der Waals surface area contributed by atoms with E-state index in [-0.39, 0.29) is 10.9 Å². The maximum atomic E-state index is 12.7. The molecule has 0 radical (unpaired) electrons. The Morgan fingerprint density at radius 1 is 1.63 bits per heavy atom. The number of hydrogen-bond acceptors (Lipinski definition) is 5. The summed E-state index contributed by atoms with van der Waals surface area (Å²) in [5, 5.41) is 6.49. The lowest BCUT2D eigenvalue weighted by molar-refractivity contribution is 0.169. The number of ether oxygens (including phenoxy) is 1. The van der Waals surface area contributed by atoms with Crippen LogP contribution < -0.4 is 0 Å². The minimum Gasteiger partial charge on any atom is -0.383 e. The maximum Gasteiger partial charge on any atom is 0.246 e. The Morgan fingerprint density at radius 3 is 2.95 bits per heavy atom. The molecule has 0 aliphatic carbocycles. The van der Waals surface area contributed by atoms with Gasteiger partial charge in [-0.15, -0.1) is 0 Å². The van der Waals surface area contributed by atoms with Crippen molar-refractivity contribution in [3.05, 3.63) is 11.9 Å². The highest BCUT2D eigenvalue weighted by molar-refractivity contribution is 7.99. The number of aryl methyl sites for hydroxylation is 1. The molecule has 0 spiro atoms. The Bertz CT molecular complexity index is 509. The highest BCUT2D eigenvalue weighted by Crippen LogP contribution is 2.28. The highest BCUT2D eigenvalue weighted by Gasteiger charge is 2.34. The van der Waals surface area contributed by atoms with E-state index < -0.39 is 10.0 Å².